The van der Waals surface area contributed by atoms with Gasteiger partial charge in [0.1, 0.15) is 17.2 Å². The molecule has 1 saturated heterocycles. The molecule has 0 aliphatic carbocycles. The van der Waals surface area contributed by atoms with Crippen LogP contribution in [0.4, 0.5) is 14.5 Å². The lowest BCUT2D eigenvalue weighted by molar-refractivity contribution is -0.117. The van der Waals surface area contributed by atoms with Crippen molar-refractivity contribution in [2.45, 2.75) is 12.5 Å². The molecule has 2 aromatic rings. The standard InChI is InChI=1S/C17H14F2N2O2/c18-13-7-4-8-14(19)16(13)17(23)20-11-9-15(22)21(10-11)12-5-2-1-3-6-12/h1-8,11H,9-10H2,(H,20,23). The van der Waals surface area contributed by atoms with Crippen LogP contribution in [0.5, 0.6) is 0 Å². The summed E-state index contributed by atoms with van der Waals surface area (Å²) < 4.78 is 27.2. The van der Waals surface area contributed by atoms with Crippen molar-refractivity contribution in [1.82, 2.24) is 5.32 Å². The first-order valence-electron chi connectivity index (χ1n) is 7.16. The number of halogens is 2. The summed E-state index contributed by atoms with van der Waals surface area (Å²) in [6.45, 7) is 0.269. The highest BCUT2D eigenvalue weighted by Gasteiger charge is 2.32. The van der Waals surface area contributed by atoms with E-state index in [2.05, 4.69) is 5.32 Å². The fourth-order valence-corrected chi connectivity index (χ4v) is 2.63. The van der Waals surface area contributed by atoms with Crippen molar-refractivity contribution < 1.29 is 18.4 Å². The van der Waals surface area contributed by atoms with Gasteiger partial charge in [-0.05, 0) is 24.3 Å². The molecule has 23 heavy (non-hydrogen) atoms. The minimum atomic E-state index is -0.924. The van der Waals surface area contributed by atoms with Gasteiger partial charge in [0.15, 0.2) is 0 Å². The number of hydrogen-bond donors (Lipinski definition) is 1. The van der Waals surface area contributed by atoms with Crippen molar-refractivity contribution in [2.75, 3.05) is 11.4 Å². The second-order valence-corrected chi connectivity index (χ2v) is 5.31. The highest BCUT2D eigenvalue weighted by atomic mass is 19.1. The van der Waals surface area contributed by atoms with Gasteiger partial charge >= 0.3 is 0 Å². The number of rotatable bonds is 3. The summed E-state index contributed by atoms with van der Waals surface area (Å²) in [6.07, 6.45) is 0.0940. The fraction of sp³-hybridized carbons (Fsp3) is 0.176. The molecule has 1 heterocycles. The molecule has 0 saturated carbocycles. The molecule has 1 atom stereocenters. The summed E-state index contributed by atoms with van der Waals surface area (Å²) in [5, 5.41) is 2.53. The summed E-state index contributed by atoms with van der Waals surface area (Å²) >= 11 is 0. The average molecular weight is 316 g/mol. The molecule has 1 aliphatic rings. The van der Waals surface area contributed by atoms with E-state index >= 15 is 0 Å². The molecule has 2 amide bonds. The summed E-state index contributed by atoms with van der Waals surface area (Å²) in [5.41, 5.74) is 0.101. The van der Waals surface area contributed by atoms with Gasteiger partial charge < -0.3 is 10.2 Å². The van der Waals surface area contributed by atoms with Crippen molar-refractivity contribution in [3.63, 3.8) is 0 Å². The lowest BCUT2D eigenvalue weighted by atomic mass is 10.1. The predicted molar refractivity (Wildman–Crippen MR) is 81.0 cm³/mol. The number of nitrogens with one attached hydrogen (secondary N) is 1. The first-order valence-corrected chi connectivity index (χ1v) is 7.16. The minimum Gasteiger partial charge on any atom is -0.347 e. The van der Waals surface area contributed by atoms with Crippen molar-refractivity contribution >= 4 is 17.5 Å². The van der Waals surface area contributed by atoms with Gasteiger partial charge in [0.25, 0.3) is 5.91 Å². The molecule has 0 bridgehead atoms. The summed E-state index contributed by atoms with van der Waals surface area (Å²) in [4.78, 5) is 25.7. The first kappa shape index (κ1) is 15.1. The van der Waals surface area contributed by atoms with E-state index in [9.17, 15) is 18.4 Å². The van der Waals surface area contributed by atoms with E-state index in [1.54, 1.807) is 17.0 Å². The summed E-state index contributed by atoms with van der Waals surface area (Å²) in [7, 11) is 0. The third-order valence-electron chi connectivity index (χ3n) is 3.72. The van der Waals surface area contributed by atoms with E-state index in [4.69, 9.17) is 0 Å². The Morgan fingerprint density at radius 3 is 2.35 bits per heavy atom. The maximum atomic E-state index is 13.6. The molecule has 2 aromatic carbocycles. The van der Waals surface area contributed by atoms with Crippen molar-refractivity contribution in [3.05, 3.63) is 65.7 Å². The molecule has 1 aliphatic heterocycles. The second kappa shape index (κ2) is 6.16. The summed E-state index contributed by atoms with van der Waals surface area (Å²) in [6, 6.07) is 11.8. The van der Waals surface area contributed by atoms with Crippen LogP contribution in [0, 0.1) is 11.6 Å². The second-order valence-electron chi connectivity index (χ2n) is 5.31. The SMILES string of the molecule is O=C(NC1CC(=O)N(c2ccccc2)C1)c1c(F)cccc1F. The molecule has 0 radical (unpaired) electrons. The lowest BCUT2D eigenvalue weighted by Gasteiger charge is -2.17. The number of carbonyl (C=O) groups is 2. The fourth-order valence-electron chi connectivity index (χ4n) is 2.63. The Hall–Kier alpha value is -2.76. The number of amides is 2. The van der Waals surface area contributed by atoms with Crippen LogP contribution in [0.25, 0.3) is 0 Å². The normalized spacial score (nSPS) is 17.4. The van der Waals surface area contributed by atoms with Crippen LogP contribution >= 0.6 is 0 Å². The molecular weight excluding hydrogens is 302 g/mol. The molecule has 4 nitrogen and oxygen atoms in total. The zero-order chi connectivity index (χ0) is 16.4. The molecule has 3 rings (SSSR count). The number of hydrogen-bond acceptors (Lipinski definition) is 2. The molecular formula is C17H14F2N2O2. The van der Waals surface area contributed by atoms with E-state index in [-0.39, 0.29) is 18.9 Å². The molecule has 1 unspecified atom stereocenters. The predicted octanol–water partition coefficient (Wildman–Crippen LogP) is 2.50. The van der Waals surface area contributed by atoms with Gasteiger partial charge in [-0.25, -0.2) is 8.78 Å². The van der Waals surface area contributed by atoms with E-state index in [1.807, 2.05) is 18.2 Å². The number of anilines is 1. The zero-order valence-electron chi connectivity index (χ0n) is 12.1. The Kier molecular flexibility index (Phi) is 4.06. The molecule has 0 spiro atoms. The first-order chi connectivity index (χ1) is 11.1. The van der Waals surface area contributed by atoms with E-state index in [0.717, 1.165) is 17.8 Å². The Morgan fingerprint density at radius 2 is 1.70 bits per heavy atom. The Labute approximate surface area is 131 Å². The largest absolute Gasteiger partial charge is 0.347 e. The number of carbonyl (C=O) groups excluding carboxylic acids is 2. The molecule has 0 aromatic heterocycles. The van der Waals surface area contributed by atoms with E-state index in [1.165, 1.54) is 6.07 Å². The number of para-hydroxylation sites is 1. The maximum Gasteiger partial charge on any atom is 0.257 e. The van der Waals surface area contributed by atoms with Crippen LogP contribution in [0.3, 0.4) is 0 Å². The van der Waals surface area contributed by atoms with Crippen LogP contribution in [-0.4, -0.2) is 24.4 Å². The minimum absolute atomic E-state index is 0.0940. The monoisotopic (exact) mass is 316 g/mol. The molecule has 1 fully saturated rings. The average Bonchev–Trinajstić information content (AvgIpc) is 2.88. The zero-order valence-corrected chi connectivity index (χ0v) is 12.1. The van der Waals surface area contributed by atoms with Crippen LogP contribution in [0.1, 0.15) is 16.8 Å². The number of benzene rings is 2. The lowest BCUT2D eigenvalue weighted by Crippen LogP contribution is -2.38. The third-order valence-corrected chi connectivity index (χ3v) is 3.72. The van der Waals surface area contributed by atoms with Gasteiger partial charge in [0.05, 0.1) is 6.04 Å². The van der Waals surface area contributed by atoms with Gasteiger partial charge in [0, 0.05) is 18.7 Å². The van der Waals surface area contributed by atoms with Crippen LogP contribution in [-0.2, 0) is 4.79 Å². The van der Waals surface area contributed by atoms with Crippen LogP contribution in [0.15, 0.2) is 48.5 Å². The molecule has 1 N–H and O–H groups in total. The van der Waals surface area contributed by atoms with Crippen molar-refractivity contribution in [1.29, 1.82) is 0 Å². The van der Waals surface area contributed by atoms with Crippen LogP contribution in [0.2, 0.25) is 0 Å². The Morgan fingerprint density at radius 1 is 1.04 bits per heavy atom. The van der Waals surface area contributed by atoms with Gasteiger partial charge in [-0.2, -0.15) is 0 Å². The van der Waals surface area contributed by atoms with E-state index in [0.29, 0.717) is 0 Å². The van der Waals surface area contributed by atoms with Crippen molar-refractivity contribution in [2.24, 2.45) is 0 Å². The highest BCUT2D eigenvalue weighted by molar-refractivity contribution is 5.99. The highest BCUT2D eigenvalue weighted by Crippen LogP contribution is 2.21. The topological polar surface area (TPSA) is 49.4 Å². The van der Waals surface area contributed by atoms with Gasteiger partial charge in [-0.15, -0.1) is 0 Å². The molecule has 118 valence electrons. The quantitative estimate of drug-likeness (QED) is 0.946. The third kappa shape index (κ3) is 3.06. The maximum absolute atomic E-state index is 13.6. The smallest absolute Gasteiger partial charge is 0.257 e. The molecule has 6 heteroatoms. The van der Waals surface area contributed by atoms with E-state index < -0.39 is 29.1 Å². The Balaban J connectivity index is 1.73. The van der Waals surface area contributed by atoms with Gasteiger partial charge in [0.2, 0.25) is 5.91 Å². The van der Waals surface area contributed by atoms with Gasteiger partial charge in [-0.1, -0.05) is 24.3 Å². The van der Waals surface area contributed by atoms with Crippen LogP contribution < -0.4 is 10.2 Å². The van der Waals surface area contributed by atoms with Gasteiger partial charge in [-0.3, -0.25) is 9.59 Å². The van der Waals surface area contributed by atoms with Crippen molar-refractivity contribution in [3.8, 4) is 0 Å². The Bertz CT molecular complexity index is 729. The number of nitrogens with zero attached hydrogens (tertiary/aromatic N) is 1. The summed E-state index contributed by atoms with van der Waals surface area (Å²) in [5.74, 6) is -2.85.